The van der Waals surface area contributed by atoms with Gasteiger partial charge in [0.25, 0.3) is 5.91 Å². The number of fused-ring (bicyclic) bond motifs is 1. The van der Waals surface area contributed by atoms with Gasteiger partial charge in [0.05, 0.1) is 0 Å². The average molecular weight is 351 g/mol. The summed E-state index contributed by atoms with van der Waals surface area (Å²) < 4.78 is 5.82. The van der Waals surface area contributed by atoms with Crippen molar-refractivity contribution in [3.63, 3.8) is 0 Å². The number of ether oxygens (including phenoxy) is 1. The summed E-state index contributed by atoms with van der Waals surface area (Å²) in [4.78, 5) is 25.5. The second-order valence-corrected chi connectivity index (χ2v) is 5.89. The minimum absolute atomic E-state index is 0.168. The van der Waals surface area contributed by atoms with Gasteiger partial charge in [-0.25, -0.2) is 0 Å². The second-order valence-electron chi connectivity index (χ2n) is 5.89. The summed E-state index contributed by atoms with van der Waals surface area (Å²) >= 11 is 0. The number of benzene rings is 2. The Kier molecular flexibility index (Phi) is 5.88. The first kappa shape index (κ1) is 17.5. The predicted octanol–water partition coefficient (Wildman–Crippen LogP) is 2.61. The molecule has 6 nitrogen and oxygen atoms in total. The fourth-order valence-electron chi connectivity index (χ4n) is 2.61. The Bertz CT molecular complexity index is 874. The standard InChI is InChI=1S/C20H21N3O3/c24-14-21-9-4-10-22-20(25)19-11-16-7-8-17(12-18(16)23-19)26-13-15-5-2-1-3-6-15/h1-3,5-8,11-12,14,23H,4,9-10,13H2,(H,21,24)(H,22,25). The van der Waals surface area contributed by atoms with Crippen LogP contribution in [0.3, 0.4) is 0 Å². The summed E-state index contributed by atoms with van der Waals surface area (Å²) in [6.45, 7) is 1.54. The number of rotatable bonds is 9. The van der Waals surface area contributed by atoms with Crippen LogP contribution in [0.5, 0.6) is 5.75 Å². The van der Waals surface area contributed by atoms with Gasteiger partial charge in [0.2, 0.25) is 6.41 Å². The third kappa shape index (κ3) is 4.63. The molecular weight excluding hydrogens is 330 g/mol. The lowest BCUT2D eigenvalue weighted by Gasteiger charge is -2.06. The van der Waals surface area contributed by atoms with E-state index in [1.165, 1.54) is 0 Å². The Morgan fingerprint density at radius 2 is 1.92 bits per heavy atom. The molecule has 0 aliphatic carbocycles. The zero-order valence-corrected chi connectivity index (χ0v) is 14.3. The lowest BCUT2D eigenvalue weighted by Crippen LogP contribution is -2.27. The summed E-state index contributed by atoms with van der Waals surface area (Å²) in [5.41, 5.74) is 2.45. The molecule has 1 aromatic heterocycles. The first-order valence-electron chi connectivity index (χ1n) is 8.51. The van der Waals surface area contributed by atoms with Crippen molar-refractivity contribution in [3.8, 4) is 5.75 Å². The van der Waals surface area contributed by atoms with Crippen molar-refractivity contribution >= 4 is 23.2 Å². The van der Waals surface area contributed by atoms with Crippen LogP contribution in [-0.4, -0.2) is 30.4 Å². The zero-order valence-electron chi connectivity index (χ0n) is 14.3. The molecule has 0 atom stereocenters. The Labute approximate surface area is 151 Å². The van der Waals surface area contributed by atoms with Crippen molar-refractivity contribution in [2.45, 2.75) is 13.0 Å². The molecule has 0 radical (unpaired) electrons. The van der Waals surface area contributed by atoms with Crippen LogP contribution in [0, 0.1) is 0 Å². The first-order valence-corrected chi connectivity index (χ1v) is 8.51. The molecular formula is C20H21N3O3. The average Bonchev–Trinajstić information content (AvgIpc) is 3.10. The first-order chi connectivity index (χ1) is 12.8. The quantitative estimate of drug-likeness (QED) is 0.409. The molecule has 3 N–H and O–H groups in total. The van der Waals surface area contributed by atoms with Crippen molar-refractivity contribution in [3.05, 3.63) is 65.9 Å². The molecule has 0 unspecified atom stereocenters. The van der Waals surface area contributed by atoms with E-state index < -0.39 is 0 Å². The molecule has 6 heteroatoms. The van der Waals surface area contributed by atoms with Crippen LogP contribution in [0.2, 0.25) is 0 Å². The maximum absolute atomic E-state index is 12.2. The monoisotopic (exact) mass is 351 g/mol. The summed E-state index contributed by atoms with van der Waals surface area (Å²) in [5.74, 6) is 0.578. The van der Waals surface area contributed by atoms with Crippen LogP contribution in [0.1, 0.15) is 22.5 Å². The molecule has 0 saturated heterocycles. The van der Waals surface area contributed by atoms with E-state index in [1.807, 2.05) is 54.6 Å². The zero-order chi connectivity index (χ0) is 18.2. The molecule has 0 saturated carbocycles. The Morgan fingerprint density at radius 1 is 1.08 bits per heavy atom. The van der Waals surface area contributed by atoms with E-state index in [1.54, 1.807) is 0 Å². The maximum Gasteiger partial charge on any atom is 0.267 e. The summed E-state index contributed by atoms with van der Waals surface area (Å²) in [6.07, 6.45) is 1.33. The molecule has 0 aliphatic rings. The number of amides is 2. The minimum atomic E-state index is -0.168. The van der Waals surface area contributed by atoms with Crippen LogP contribution in [0.15, 0.2) is 54.6 Å². The molecule has 2 amide bonds. The molecule has 0 spiro atoms. The van der Waals surface area contributed by atoms with Gasteiger partial charge in [0.1, 0.15) is 18.1 Å². The Morgan fingerprint density at radius 3 is 2.73 bits per heavy atom. The third-order valence-corrected chi connectivity index (χ3v) is 3.95. The highest BCUT2D eigenvalue weighted by molar-refractivity contribution is 5.98. The summed E-state index contributed by atoms with van der Waals surface area (Å²) in [6, 6.07) is 17.5. The summed E-state index contributed by atoms with van der Waals surface area (Å²) in [5, 5.41) is 6.33. The number of carbonyl (C=O) groups excluding carboxylic acids is 2. The lowest BCUT2D eigenvalue weighted by molar-refractivity contribution is -0.109. The van der Waals surface area contributed by atoms with Gasteiger partial charge in [-0.2, -0.15) is 0 Å². The molecule has 0 aliphatic heterocycles. The Hall–Kier alpha value is -3.28. The van der Waals surface area contributed by atoms with E-state index in [2.05, 4.69) is 15.6 Å². The van der Waals surface area contributed by atoms with Crippen LogP contribution >= 0.6 is 0 Å². The van der Waals surface area contributed by atoms with Gasteiger partial charge < -0.3 is 20.4 Å². The fourth-order valence-corrected chi connectivity index (χ4v) is 2.61. The minimum Gasteiger partial charge on any atom is -0.489 e. The molecule has 1 heterocycles. The van der Waals surface area contributed by atoms with E-state index in [4.69, 9.17) is 4.74 Å². The van der Waals surface area contributed by atoms with Crippen LogP contribution < -0.4 is 15.4 Å². The number of hydrogen-bond donors (Lipinski definition) is 3. The van der Waals surface area contributed by atoms with Crippen LogP contribution in [0.25, 0.3) is 10.9 Å². The fraction of sp³-hybridized carbons (Fsp3) is 0.200. The van der Waals surface area contributed by atoms with Crippen molar-refractivity contribution in [1.82, 2.24) is 15.6 Å². The van der Waals surface area contributed by atoms with E-state index in [0.717, 1.165) is 22.2 Å². The number of aromatic nitrogens is 1. The molecule has 134 valence electrons. The second kappa shape index (κ2) is 8.71. The number of H-pyrrole nitrogens is 1. The van der Waals surface area contributed by atoms with E-state index in [9.17, 15) is 9.59 Å². The molecule has 0 bridgehead atoms. The van der Waals surface area contributed by atoms with Gasteiger partial charge in [0.15, 0.2) is 0 Å². The number of nitrogens with one attached hydrogen (secondary N) is 3. The van der Waals surface area contributed by atoms with Crippen LogP contribution in [-0.2, 0) is 11.4 Å². The van der Waals surface area contributed by atoms with Gasteiger partial charge in [0, 0.05) is 30.1 Å². The maximum atomic E-state index is 12.2. The van der Waals surface area contributed by atoms with E-state index in [0.29, 0.717) is 38.2 Å². The highest BCUT2D eigenvalue weighted by Crippen LogP contribution is 2.22. The van der Waals surface area contributed by atoms with E-state index >= 15 is 0 Å². The molecule has 3 rings (SSSR count). The smallest absolute Gasteiger partial charge is 0.267 e. The molecule has 26 heavy (non-hydrogen) atoms. The SMILES string of the molecule is O=CNCCCNC(=O)c1cc2ccc(OCc3ccccc3)cc2[nH]1. The van der Waals surface area contributed by atoms with E-state index in [-0.39, 0.29) is 5.91 Å². The van der Waals surface area contributed by atoms with Crippen molar-refractivity contribution in [1.29, 1.82) is 0 Å². The summed E-state index contributed by atoms with van der Waals surface area (Å²) in [7, 11) is 0. The van der Waals surface area contributed by atoms with Gasteiger partial charge in [-0.15, -0.1) is 0 Å². The highest BCUT2D eigenvalue weighted by atomic mass is 16.5. The van der Waals surface area contributed by atoms with Gasteiger partial charge >= 0.3 is 0 Å². The Balaban J connectivity index is 1.59. The predicted molar refractivity (Wildman–Crippen MR) is 100 cm³/mol. The molecule has 0 fully saturated rings. The highest BCUT2D eigenvalue weighted by Gasteiger charge is 2.09. The van der Waals surface area contributed by atoms with Crippen LogP contribution in [0.4, 0.5) is 0 Å². The normalized spacial score (nSPS) is 10.5. The lowest BCUT2D eigenvalue weighted by atomic mass is 10.2. The topological polar surface area (TPSA) is 83.2 Å². The largest absolute Gasteiger partial charge is 0.489 e. The van der Waals surface area contributed by atoms with Crippen molar-refractivity contribution < 1.29 is 14.3 Å². The van der Waals surface area contributed by atoms with Crippen molar-refractivity contribution in [2.75, 3.05) is 13.1 Å². The van der Waals surface area contributed by atoms with Gasteiger partial charge in [-0.1, -0.05) is 30.3 Å². The van der Waals surface area contributed by atoms with Gasteiger partial charge in [-0.05, 0) is 30.2 Å². The molecule has 3 aromatic rings. The number of carbonyl (C=O) groups is 2. The molecule has 2 aromatic carbocycles. The number of aromatic amines is 1. The third-order valence-electron chi connectivity index (χ3n) is 3.95. The van der Waals surface area contributed by atoms with Gasteiger partial charge in [-0.3, -0.25) is 9.59 Å². The number of hydrogen-bond acceptors (Lipinski definition) is 3. The van der Waals surface area contributed by atoms with Crippen molar-refractivity contribution in [2.24, 2.45) is 0 Å².